The molecule has 3 rings (SSSR count). The minimum absolute atomic E-state index is 0.0392. The van der Waals surface area contributed by atoms with Crippen LogP contribution in [0.25, 0.3) is 0 Å². The number of rotatable bonds is 6. The Morgan fingerprint density at radius 1 is 1.30 bits per heavy atom. The lowest BCUT2D eigenvalue weighted by Gasteiger charge is -2.32. The SMILES string of the molecule is COc1ccccc1CCNC(=O)C1CCN(c2ccc(C#N)cn2)CC1. The molecular weight excluding hydrogens is 340 g/mol. The molecule has 1 aliphatic heterocycles. The van der Waals surface area contributed by atoms with Crippen LogP contribution in [0.15, 0.2) is 42.6 Å². The highest BCUT2D eigenvalue weighted by molar-refractivity contribution is 5.79. The quantitative estimate of drug-likeness (QED) is 0.852. The summed E-state index contributed by atoms with van der Waals surface area (Å²) in [6.45, 7) is 2.20. The number of anilines is 1. The fourth-order valence-corrected chi connectivity index (χ4v) is 3.38. The highest BCUT2D eigenvalue weighted by atomic mass is 16.5. The number of nitrogens with one attached hydrogen (secondary N) is 1. The van der Waals surface area contributed by atoms with E-state index < -0.39 is 0 Å². The van der Waals surface area contributed by atoms with Gasteiger partial charge in [-0.1, -0.05) is 18.2 Å². The Hall–Kier alpha value is -3.07. The van der Waals surface area contributed by atoms with E-state index in [1.54, 1.807) is 19.4 Å². The molecule has 2 aromatic rings. The van der Waals surface area contributed by atoms with E-state index >= 15 is 0 Å². The Morgan fingerprint density at radius 2 is 2.07 bits per heavy atom. The van der Waals surface area contributed by atoms with E-state index in [9.17, 15) is 4.79 Å². The molecule has 6 nitrogen and oxygen atoms in total. The topological polar surface area (TPSA) is 78.2 Å². The Balaban J connectivity index is 1.45. The van der Waals surface area contributed by atoms with Gasteiger partial charge >= 0.3 is 0 Å². The van der Waals surface area contributed by atoms with Crippen LogP contribution in [0, 0.1) is 17.2 Å². The maximum absolute atomic E-state index is 12.5. The van der Waals surface area contributed by atoms with Gasteiger partial charge in [0, 0.05) is 31.7 Å². The van der Waals surface area contributed by atoms with Crippen molar-refractivity contribution in [3.63, 3.8) is 0 Å². The summed E-state index contributed by atoms with van der Waals surface area (Å²) in [6, 6.07) is 13.6. The summed E-state index contributed by atoms with van der Waals surface area (Å²) in [5.41, 5.74) is 1.66. The van der Waals surface area contributed by atoms with Crippen molar-refractivity contribution < 1.29 is 9.53 Å². The summed E-state index contributed by atoms with van der Waals surface area (Å²) in [5, 5.41) is 11.9. The van der Waals surface area contributed by atoms with E-state index in [-0.39, 0.29) is 11.8 Å². The molecule has 1 fully saturated rings. The van der Waals surface area contributed by atoms with Crippen LogP contribution in [-0.4, -0.2) is 37.6 Å². The summed E-state index contributed by atoms with van der Waals surface area (Å²) >= 11 is 0. The molecule has 1 saturated heterocycles. The summed E-state index contributed by atoms with van der Waals surface area (Å²) in [7, 11) is 1.66. The minimum Gasteiger partial charge on any atom is -0.496 e. The highest BCUT2D eigenvalue weighted by Gasteiger charge is 2.25. The number of nitrogens with zero attached hydrogens (tertiary/aromatic N) is 3. The molecule has 0 radical (unpaired) electrons. The van der Waals surface area contributed by atoms with Crippen LogP contribution in [0.5, 0.6) is 5.75 Å². The number of carbonyl (C=O) groups is 1. The number of methoxy groups -OCH3 is 1. The second-order valence-electron chi connectivity index (χ2n) is 6.63. The number of para-hydroxylation sites is 1. The number of hydrogen-bond acceptors (Lipinski definition) is 5. The lowest BCUT2D eigenvalue weighted by Crippen LogP contribution is -2.41. The van der Waals surface area contributed by atoms with Gasteiger partial charge in [-0.15, -0.1) is 0 Å². The highest BCUT2D eigenvalue weighted by Crippen LogP contribution is 2.22. The number of piperidine rings is 1. The standard InChI is InChI=1S/C21H24N4O2/c1-27-19-5-3-2-4-17(19)8-11-23-21(26)18-9-12-25(13-10-18)20-7-6-16(14-22)15-24-20/h2-7,15,18H,8-13H2,1H3,(H,23,26). The normalized spacial score (nSPS) is 14.4. The number of ether oxygens (including phenoxy) is 1. The van der Waals surface area contributed by atoms with E-state index in [0.29, 0.717) is 12.1 Å². The zero-order valence-corrected chi connectivity index (χ0v) is 15.5. The minimum atomic E-state index is 0.0392. The van der Waals surface area contributed by atoms with Gasteiger partial charge in [0.1, 0.15) is 17.6 Å². The van der Waals surface area contributed by atoms with Crippen molar-refractivity contribution in [3.05, 3.63) is 53.7 Å². The summed E-state index contributed by atoms with van der Waals surface area (Å²) in [6.07, 6.45) is 3.96. The molecule has 0 atom stereocenters. The first-order valence-corrected chi connectivity index (χ1v) is 9.22. The number of pyridine rings is 1. The van der Waals surface area contributed by atoms with Crippen molar-refractivity contribution in [3.8, 4) is 11.8 Å². The molecule has 0 unspecified atom stereocenters. The second kappa shape index (κ2) is 9.04. The Morgan fingerprint density at radius 3 is 2.74 bits per heavy atom. The predicted molar refractivity (Wildman–Crippen MR) is 104 cm³/mol. The maximum atomic E-state index is 12.5. The zero-order chi connectivity index (χ0) is 19.1. The van der Waals surface area contributed by atoms with Crippen LogP contribution in [0.4, 0.5) is 5.82 Å². The van der Waals surface area contributed by atoms with E-state index in [2.05, 4.69) is 21.3 Å². The first-order chi connectivity index (χ1) is 13.2. The summed E-state index contributed by atoms with van der Waals surface area (Å²) in [4.78, 5) is 19.0. The van der Waals surface area contributed by atoms with Crippen molar-refractivity contribution in [1.82, 2.24) is 10.3 Å². The largest absolute Gasteiger partial charge is 0.496 e. The van der Waals surface area contributed by atoms with E-state index in [1.807, 2.05) is 30.3 Å². The van der Waals surface area contributed by atoms with Crippen molar-refractivity contribution >= 4 is 11.7 Å². The smallest absolute Gasteiger partial charge is 0.223 e. The molecule has 27 heavy (non-hydrogen) atoms. The van der Waals surface area contributed by atoms with E-state index in [4.69, 9.17) is 10.00 Å². The number of aromatic nitrogens is 1. The third-order valence-electron chi connectivity index (χ3n) is 4.95. The summed E-state index contributed by atoms with van der Waals surface area (Å²) < 4.78 is 5.35. The molecule has 1 aromatic carbocycles. The Bertz CT molecular complexity index is 806. The van der Waals surface area contributed by atoms with Crippen LogP contribution >= 0.6 is 0 Å². The molecule has 1 N–H and O–H groups in total. The average molecular weight is 364 g/mol. The van der Waals surface area contributed by atoms with Gasteiger partial charge in [-0.05, 0) is 43.0 Å². The van der Waals surface area contributed by atoms with Gasteiger partial charge in [-0.2, -0.15) is 5.26 Å². The molecule has 1 aromatic heterocycles. The molecule has 1 aliphatic rings. The van der Waals surface area contributed by atoms with Crippen molar-refractivity contribution in [2.24, 2.45) is 5.92 Å². The molecule has 140 valence electrons. The first kappa shape index (κ1) is 18.7. The number of nitriles is 1. The Kier molecular flexibility index (Phi) is 6.26. The van der Waals surface area contributed by atoms with Crippen LogP contribution in [0.2, 0.25) is 0 Å². The maximum Gasteiger partial charge on any atom is 0.223 e. The number of hydrogen-bond donors (Lipinski definition) is 1. The average Bonchev–Trinajstić information content (AvgIpc) is 2.74. The first-order valence-electron chi connectivity index (χ1n) is 9.22. The van der Waals surface area contributed by atoms with Crippen molar-refractivity contribution in [2.75, 3.05) is 31.6 Å². The number of benzene rings is 1. The zero-order valence-electron chi connectivity index (χ0n) is 15.5. The van der Waals surface area contributed by atoms with Crippen LogP contribution < -0.4 is 15.0 Å². The van der Waals surface area contributed by atoms with Crippen molar-refractivity contribution in [2.45, 2.75) is 19.3 Å². The third-order valence-corrected chi connectivity index (χ3v) is 4.95. The predicted octanol–water partition coefficient (Wildman–Crippen LogP) is 2.54. The van der Waals surface area contributed by atoms with Gasteiger partial charge in [-0.25, -0.2) is 4.98 Å². The molecular formula is C21H24N4O2. The lowest BCUT2D eigenvalue weighted by atomic mass is 9.95. The van der Waals surface area contributed by atoms with Gasteiger partial charge in [0.2, 0.25) is 5.91 Å². The van der Waals surface area contributed by atoms with Gasteiger partial charge < -0.3 is 15.0 Å². The molecule has 6 heteroatoms. The van der Waals surface area contributed by atoms with Gasteiger partial charge in [0.05, 0.1) is 12.7 Å². The van der Waals surface area contributed by atoms with Crippen LogP contribution in [0.1, 0.15) is 24.0 Å². The number of amides is 1. The molecule has 2 heterocycles. The number of carbonyl (C=O) groups excluding carboxylic acids is 1. The molecule has 0 saturated carbocycles. The van der Waals surface area contributed by atoms with Crippen LogP contribution in [-0.2, 0) is 11.2 Å². The fraction of sp³-hybridized carbons (Fsp3) is 0.381. The molecule has 0 bridgehead atoms. The Labute approximate surface area is 159 Å². The fourth-order valence-electron chi connectivity index (χ4n) is 3.38. The van der Waals surface area contributed by atoms with Crippen molar-refractivity contribution in [1.29, 1.82) is 5.26 Å². The van der Waals surface area contributed by atoms with Gasteiger partial charge in [0.15, 0.2) is 0 Å². The summed E-state index contributed by atoms with van der Waals surface area (Å²) in [5.74, 6) is 1.88. The van der Waals surface area contributed by atoms with E-state index in [0.717, 1.165) is 49.5 Å². The van der Waals surface area contributed by atoms with Gasteiger partial charge in [0.25, 0.3) is 0 Å². The molecule has 0 spiro atoms. The lowest BCUT2D eigenvalue weighted by molar-refractivity contribution is -0.125. The molecule has 0 aliphatic carbocycles. The molecule has 1 amide bonds. The monoisotopic (exact) mass is 364 g/mol. The van der Waals surface area contributed by atoms with Crippen LogP contribution in [0.3, 0.4) is 0 Å². The van der Waals surface area contributed by atoms with Gasteiger partial charge in [-0.3, -0.25) is 4.79 Å². The van der Waals surface area contributed by atoms with E-state index in [1.165, 1.54) is 0 Å². The second-order valence-corrected chi connectivity index (χ2v) is 6.63. The third kappa shape index (κ3) is 4.76.